The number of likely N-dealkylation sites (N-methyl/N-ethyl adjacent to an activating group) is 1. The van der Waals surface area contributed by atoms with Crippen molar-refractivity contribution in [1.29, 1.82) is 0 Å². The summed E-state index contributed by atoms with van der Waals surface area (Å²) in [6, 6.07) is 0. The number of carbonyl (C=O) groups is 2. The van der Waals surface area contributed by atoms with Crippen LogP contribution in [0.5, 0.6) is 0 Å². The first kappa shape index (κ1) is 71.2. The number of phosphoric ester groups is 1. The molecule has 10 heteroatoms. The van der Waals surface area contributed by atoms with Crippen LogP contribution >= 0.6 is 7.82 Å². The molecule has 0 heterocycles. The van der Waals surface area contributed by atoms with Gasteiger partial charge in [0, 0.05) is 12.8 Å². The second-order valence-corrected chi connectivity index (χ2v) is 23.8. The molecule has 0 spiro atoms. The van der Waals surface area contributed by atoms with E-state index in [2.05, 4.69) is 50.3 Å². The standard InChI is InChI=1S/C63H120NO8P/c1-6-8-10-12-14-16-18-20-22-24-26-27-28-29-30-31-32-33-34-35-36-37-38-40-42-44-46-48-50-52-54-56-63(66)72-61(60-71-73(67,68)70-58-57-64(3,4)5)59-69-62(65)55-53-51-49-47-45-43-41-39-25-23-21-19-17-15-13-11-9-7-2/h18,20,23-26,61H,6-17,19,21-22,27-60H2,1-5H3/b20-18-,25-23-,26-24-. The molecule has 0 aliphatic heterocycles. The van der Waals surface area contributed by atoms with Crippen molar-refractivity contribution in [2.24, 2.45) is 0 Å². The largest absolute Gasteiger partial charge is 0.756 e. The van der Waals surface area contributed by atoms with Gasteiger partial charge in [0.25, 0.3) is 7.82 Å². The zero-order valence-corrected chi connectivity index (χ0v) is 49.7. The fraction of sp³-hybridized carbons (Fsp3) is 0.873. The second kappa shape index (κ2) is 55.0. The highest BCUT2D eigenvalue weighted by atomic mass is 31.2. The molecule has 73 heavy (non-hydrogen) atoms. The molecule has 0 aromatic carbocycles. The number of nitrogens with zero attached hydrogens (tertiary/aromatic N) is 1. The summed E-state index contributed by atoms with van der Waals surface area (Å²) in [5.74, 6) is -0.824. The number of esters is 2. The van der Waals surface area contributed by atoms with E-state index in [-0.39, 0.29) is 32.0 Å². The van der Waals surface area contributed by atoms with Gasteiger partial charge in [0.15, 0.2) is 6.10 Å². The molecule has 0 radical (unpaired) electrons. The van der Waals surface area contributed by atoms with Gasteiger partial charge in [0.05, 0.1) is 27.7 Å². The maximum Gasteiger partial charge on any atom is 0.306 e. The van der Waals surface area contributed by atoms with E-state index in [1.54, 1.807) is 0 Å². The van der Waals surface area contributed by atoms with E-state index in [1.807, 2.05) is 21.1 Å². The number of rotatable bonds is 58. The molecule has 0 N–H and O–H groups in total. The molecular weight excluding hydrogens is 930 g/mol. The topological polar surface area (TPSA) is 111 Å². The van der Waals surface area contributed by atoms with Crippen molar-refractivity contribution < 1.29 is 42.1 Å². The van der Waals surface area contributed by atoms with Crippen molar-refractivity contribution in [3.05, 3.63) is 36.5 Å². The van der Waals surface area contributed by atoms with Gasteiger partial charge in [-0.2, -0.15) is 0 Å². The summed E-state index contributed by atoms with van der Waals surface area (Å²) in [5, 5.41) is 0. The average molecular weight is 1050 g/mol. The molecule has 430 valence electrons. The Morgan fingerprint density at radius 2 is 0.740 bits per heavy atom. The van der Waals surface area contributed by atoms with Crippen molar-refractivity contribution in [2.45, 2.75) is 309 Å². The number of quaternary nitrogens is 1. The van der Waals surface area contributed by atoms with Crippen LogP contribution in [0.15, 0.2) is 36.5 Å². The summed E-state index contributed by atoms with van der Waals surface area (Å²) in [7, 11) is 1.18. The van der Waals surface area contributed by atoms with E-state index in [0.717, 1.165) is 51.4 Å². The van der Waals surface area contributed by atoms with Gasteiger partial charge in [-0.15, -0.1) is 0 Å². The van der Waals surface area contributed by atoms with Crippen LogP contribution in [-0.4, -0.2) is 70.0 Å². The highest BCUT2D eigenvalue weighted by Gasteiger charge is 2.22. The molecule has 0 aliphatic carbocycles. The van der Waals surface area contributed by atoms with Crippen molar-refractivity contribution in [2.75, 3.05) is 47.5 Å². The van der Waals surface area contributed by atoms with Crippen molar-refractivity contribution in [1.82, 2.24) is 0 Å². The van der Waals surface area contributed by atoms with Crippen LogP contribution in [0.4, 0.5) is 0 Å². The quantitative estimate of drug-likeness (QED) is 0.0195. The first-order chi connectivity index (χ1) is 35.5. The summed E-state index contributed by atoms with van der Waals surface area (Å²) in [5.41, 5.74) is 0. The predicted octanol–water partition coefficient (Wildman–Crippen LogP) is 18.9. The van der Waals surface area contributed by atoms with Crippen molar-refractivity contribution in [3.63, 3.8) is 0 Å². The monoisotopic (exact) mass is 1050 g/mol. The van der Waals surface area contributed by atoms with Gasteiger partial charge in [-0.05, 0) is 70.6 Å². The Kier molecular flexibility index (Phi) is 53.7. The third kappa shape index (κ3) is 59.3. The third-order valence-corrected chi connectivity index (χ3v) is 14.8. The van der Waals surface area contributed by atoms with E-state index in [4.69, 9.17) is 18.5 Å². The van der Waals surface area contributed by atoms with Crippen LogP contribution in [0.3, 0.4) is 0 Å². The third-order valence-electron chi connectivity index (χ3n) is 13.9. The Balaban J connectivity index is 4.04. The number of carbonyl (C=O) groups excluding carboxylic acids is 2. The molecule has 0 aromatic rings. The first-order valence-electron chi connectivity index (χ1n) is 31.2. The van der Waals surface area contributed by atoms with Gasteiger partial charge in [0.1, 0.15) is 19.8 Å². The number of phosphoric acid groups is 1. The fourth-order valence-electron chi connectivity index (χ4n) is 9.04. The van der Waals surface area contributed by atoms with E-state index >= 15 is 0 Å². The summed E-state index contributed by atoms with van der Waals surface area (Å²) in [4.78, 5) is 37.9. The second-order valence-electron chi connectivity index (χ2n) is 22.4. The van der Waals surface area contributed by atoms with Crippen LogP contribution in [0, 0.1) is 0 Å². The van der Waals surface area contributed by atoms with E-state index in [1.165, 1.54) is 218 Å². The van der Waals surface area contributed by atoms with Crippen LogP contribution in [0.1, 0.15) is 303 Å². The van der Waals surface area contributed by atoms with Gasteiger partial charge in [-0.25, -0.2) is 0 Å². The SMILES string of the molecule is CCCCCCC/C=C\C/C=C\CCCCCCCCCCCCCCCCCCCCCC(=O)OC(COC(=O)CCCCCCCCC/C=C\CCCCCCCCC)COP(=O)([O-])OCC[N+](C)(C)C. The average Bonchev–Trinajstić information content (AvgIpc) is 3.35. The molecule has 2 atom stereocenters. The normalized spacial score (nSPS) is 13.5. The van der Waals surface area contributed by atoms with E-state index < -0.39 is 26.5 Å². The molecule has 0 fully saturated rings. The first-order valence-corrected chi connectivity index (χ1v) is 32.7. The number of hydrogen-bond donors (Lipinski definition) is 0. The number of hydrogen-bond acceptors (Lipinski definition) is 8. The molecule has 0 aliphatic rings. The zero-order valence-electron chi connectivity index (χ0n) is 48.9. The lowest BCUT2D eigenvalue weighted by atomic mass is 10.0. The van der Waals surface area contributed by atoms with Gasteiger partial charge in [0.2, 0.25) is 0 Å². The van der Waals surface area contributed by atoms with E-state index in [0.29, 0.717) is 17.4 Å². The molecule has 0 bridgehead atoms. The summed E-state index contributed by atoms with van der Waals surface area (Å²) in [6.07, 6.45) is 67.8. The fourth-order valence-corrected chi connectivity index (χ4v) is 9.77. The number of ether oxygens (including phenoxy) is 2. The van der Waals surface area contributed by atoms with Gasteiger partial charge < -0.3 is 27.9 Å². The maximum atomic E-state index is 12.8. The lowest BCUT2D eigenvalue weighted by Crippen LogP contribution is -2.37. The molecule has 2 unspecified atom stereocenters. The minimum absolute atomic E-state index is 0.0296. The van der Waals surface area contributed by atoms with Crippen LogP contribution in [0.2, 0.25) is 0 Å². The molecule has 0 rings (SSSR count). The van der Waals surface area contributed by atoms with Crippen molar-refractivity contribution >= 4 is 19.8 Å². The number of allylic oxidation sites excluding steroid dienone is 6. The Hall–Kier alpha value is -1.77. The number of unbranched alkanes of at least 4 members (excludes halogenated alkanes) is 38. The Morgan fingerprint density at radius 3 is 1.10 bits per heavy atom. The van der Waals surface area contributed by atoms with Crippen LogP contribution < -0.4 is 4.89 Å². The van der Waals surface area contributed by atoms with Crippen LogP contribution in [-0.2, 0) is 32.7 Å². The Labute approximate surface area is 452 Å². The van der Waals surface area contributed by atoms with E-state index in [9.17, 15) is 19.0 Å². The Bertz CT molecular complexity index is 1330. The highest BCUT2D eigenvalue weighted by Crippen LogP contribution is 2.38. The van der Waals surface area contributed by atoms with Crippen molar-refractivity contribution in [3.8, 4) is 0 Å². The van der Waals surface area contributed by atoms with Crippen LogP contribution in [0.25, 0.3) is 0 Å². The highest BCUT2D eigenvalue weighted by molar-refractivity contribution is 7.45. The molecule has 0 saturated carbocycles. The summed E-state index contributed by atoms with van der Waals surface area (Å²) < 4.78 is 34.2. The summed E-state index contributed by atoms with van der Waals surface area (Å²) >= 11 is 0. The smallest absolute Gasteiger partial charge is 0.306 e. The lowest BCUT2D eigenvalue weighted by Gasteiger charge is -2.28. The molecule has 0 amide bonds. The molecule has 9 nitrogen and oxygen atoms in total. The lowest BCUT2D eigenvalue weighted by molar-refractivity contribution is -0.870. The maximum absolute atomic E-state index is 12.8. The predicted molar refractivity (Wildman–Crippen MR) is 310 cm³/mol. The van der Waals surface area contributed by atoms with Gasteiger partial charge in [-0.1, -0.05) is 256 Å². The molecular formula is C63H120NO8P. The zero-order chi connectivity index (χ0) is 53.5. The molecule has 0 aromatic heterocycles. The Morgan fingerprint density at radius 1 is 0.425 bits per heavy atom. The molecule has 0 saturated heterocycles. The van der Waals surface area contributed by atoms with Gasteiger partial charge >= 0.3 is 11.9 Å². The summed E-state index contributed by atoms with van der Waals surface area (Å²) in [6.45, 7) is 4.27. The van der Waals surface area contributed by atoms with Gasteiger partial charge in [-0.3, -0.25) is 14.2 Å². The minimum atomic E-state index is -4.63. The minimum Gasteiger partial charge on any atom is -0.756 e.